The van der Waals surface area contributed by atoms with Crippen LogP contribution < -0.4 is 24.0 Å². The number of aromatic nitrogens is 2. The van der Waals surface area contributed by atoms with Crippen molar-refractivity contribution in [3.8, 4) is 11.8 Å². The first-order valence-electron chi connectivity index (χ1n) is 4.47. The Bertz CT molecular complexity index is 569. The number of carboxylic acid groups (broad SMARTS) is 1. The van der Waals surface area contributed by atoms with E-state index in [1.807, 2.05) is 6.07 Å². The molecule has 1 aromatic heterocycles. The van der Waals surface area contributed by atoms with Gasteiger partial charge in [0.05, 0.1) is 11.6 Å². The largest absolute Gasteiger partial charge is 1.00 e. The van der Waals surface area contributed by atoms with Gasteiger partial charge in [-0.2, -0.15) is 5.26 Å². The van der Waals surface area contributed by atoms with Gasteiger partial charge in [-0.3, -0.25) is 4.57 Å². The second-order valence-electron chi connectivity index (χ2n) is 3.07. The van der Waals surface area contributed by atoms with Crippen LogP contribution in [0.1, 0.15) is 16.2 Å². The second kappa shape index (κ2) is 5.36. The Morgan fingerprint density at radius 3 is 2.53 bits per heavy atom. The predicted molar refractivity (Wildman–Crippen MR) is 52.6 cm³/mol. The molecule has 17 heavy (non-hydrogen) atoms. The van der Waals surface area contributed by atoms with Crippen LogP contribution in [-0.4, -0.2) is 15.5 Å². The maximum absolute atomic E-state index is 10.7. The van der Waals surface area contributed by atoms with Crippen molar-refractivity contribution in [3.05, 3.63) is 48.0 Å². The minimum Gasteiger partial charge on any atom is -0.542 e. The van der Waals surface area contributed by atoms with E-state index in [1.165, 1.54) is 17.0 Å². The number of benzene rings is 1. The van der Waals surface area contributed by atoms with E-state index >= 15 is 0 Å². The first-order valence-corrected chi connectivity index (χ1v) is 4.47. The van der Waals surface area contributed by atoms with Crippen molar-refractivity contribution in [2.24, 2.45) is 0 Å². The molecular formula is C11H6LiN3O2. The summed E-state index contributed by atoms with van der Waals surface area (Å²) in [5.74, 6) is -1.50. The average molecular weight is 219 g/mol. The molecule has 0 aliphatic rings. The fourth-order valence-corrected chi connectivity index (χ4v) is 1.36. The number of nitriles is 1. The zero-order valence-corrected chi connectivity index (χ0v) is 9.12. The van der Waals surface area contributed by atoms with Gasteiger partial charge in [-0.15, -0.1) is 0 Å². The van der Waals surface area contributed by atoms with Gasteiger partial charge in [0.15, 0.2) is 5.82 Å². The summed E-state index contributed by atoms with van der Waals surface area (Å²) in [6.45, 7) is 0. The Morgan fingerprint density at radius 2 is 2.00 bits per heavy atom. The monoisotopic (exact) mass is 219 g/mol. The van der Waals surface area contributed by atoms with Gasteiger partial charge in [0.1, 0.15) is 5.97 Å². The summed E-state index contributed by atoms with van der Waals surface area (Å²) in [4.78, 5) is 14.4. The van der Waals surface area contributed by atoms with Crippen LogP contribution in [0.3, 0.4) is 0 Å². The summed E-state index contributed by atoms with van der Waals surface area (Å²) in [6.07, 6.45) is 2.90. The smallest absolute Gasteiger partial charge is 0.542 e. The molecule has 2 rings (SSSR count). The van der Waals surface area contributed by atoms with E-state index in [0.717, 1.165) is 0 Å². The van der Waals surface area contributed by atoms with E-state index in [2.05, 4.69) is 4.98 Å². The minimum absolute atomic E-state index is 0. The molecule has 2 aromatic rings. The van der Waals surface area contributed by atoms with Gasteiger partial charge in [-0.25, -0.2) is 4.98 Å². The predicted octanol–water partition coefficient (Wildman–Crippen LogP) is -2.89. The molecule has 0 atom stereocenters. The van der Waals surface area contributed by atoms with Crippen LogP contribution >= 0.6 is 0 Å². The van der Waals surface area contributed by atoms with E-state index in [9.17, 15) is 9.90 Å². The zero-order chi connectivity index (χ0) is 11.5. The molecule has 0 aliphatic heterocycles. The van der Waals surface area contributed by atoms with Gasteiger partial charge in [0.2, 0.25) is 0 Å². The fourth-order valence-electron chi connectivity index (χ4n) is 1.36. The molecule has 0 aliphatic carbocycles. The third-order valence-electron chi connectivity index (χ3n) is 2.10. The van der Waals surface area contributed by atoms with Crippen molar-refractivity contribution < 1.29 is 28.8 Å². The SMILES string of the molecule is N#Cc1ccc(-n2ccnc2C(=O)[O-])cc1.[Li+]. The molecule has 0 bridgehead atoms. The maximum atomic E-state index is 10.7. The standard InChI is InChI=1S/C11H7N3O2.Li/c12-7-8-1-3-9(4-2-8)14-6-5-13-10(14)11(15)16;/h1-6H,(H,15,16);/q;+1/p-1. The van der Waals surface area contributed by atoms with Crippen LogP contribution in [-0.2, 0) is 0 Å². The number of aromatic carboxylic acids is 1. The summed E-state index contributed by atoms with van der Waals surface area (Å²) >= 11 is 0. The number of carbonyl (C=O) groups is 1. The van der Waals surface area contributed by atoms with E-state index < -0.39 is 5.97 Å². The van der Waals surface area contributed by atoms with Crippen LogP contribution in [0.2, 0.25) is 0 Å². The zero-order valence-electron chi connectivity index (χ0n) is 9.12. The molecule has 0 N–H and O–H groups in total. The Kier molecular flexibility index (Phi) is 4.11. The minimum atomic E-state index is -1.34. The van der Waals surface area contributed by atoms with Crippen LogP contribution in [0.15, 0.2) is 36.7 Å². The maximum Gasteiger partial charge on any atom is 1.00 e. The molecule has 0 amide bonds. The number of rotatable bonds is 2. The van der Waals surface area contributed by atoms with Gasteiger partial charge < -0.3 is 9.90 Å². The van der Waals surface area contributed by atoms with Gasteiger partial charge in [-0.1, -0.05) is 0 Å². The van der Waals surface area contributed by atoms with Crippen molar-refractivity contribution in [1.29, 1.82) is 5.26 Å². The third-order valence-corrected chi connectivity index (χ3v) is 2.10. The van der Waals surface area contributed by atoms with Crippen molar-refractivity contribution in [2.45, 2.75) is 0 Å². The summed E-state index contributed by atoms with van der Waals surface area (Å²) < 4.78 is 1.39. The summed E-state index contributed by atoms with van der Waals surface area (Å²) in [5, 5.41) is 19.4. The molecule has 6 heteroatoms. The summed E-state index contributed by atoms with van der Waals surface area (Å²) in [7, 11) is 0. The first kappa shape index (κ1) is 13.1. The molecule has 0 saturated heterocycles. The Balaban J connectivity index is 0.00000144. The van der Waals surface area contributed by atoms with Gasteiger partial charge >= 0.3 is 18.9 Å². The van der Waals surface area contributed by atoms with Gasteiger partial charge in [0, 0.05) is 18.1 Å². The molecule has 0 saturated carbocycles. The molecule has 0 fully saturated rings. The molecule has 0 radical (unpaired) electrons. The Labute approximate surface area is 110 Å². The Morgan fingerprint density at radius 1 is 1.35 bits per heavy atom. The molecule has 0 unspecified atom stereocenters. The number of nitrogens with zero attached hydrogens (tertiary/aromatic N) is 3. The van der Waals surface area contributed by atoms with Gasteiger partial charge in [0.25, 0.3) is 0 Å². The van der Waals surface area contributed by atoms with Crippen LogP contribution in [0, 0.1) is 11.3 Å². The van der Waals surface area contributed by atoms with Crippen molar-refractivity contribution in [2.75, 3.05) is 0 Å². The third kappa shape index (κ3) is 2.57. The van der Waals surface area contributed by atoms with Crippen LogP contribution in [0.5, 0.6) is 0 Å². The number of hydrogen-bond donors (Lipinski definition) is 0. The number of carbonyl (C=O) groups excluding carboxylic acids is 1. The van der Waals surface area contributed by atoms with Crippen molar-refractivity contribution in [3.63, 3.8) is 0 Å². The number of imidazole rings is 1. The first-order chi connectivity index (χ1) is 7.72. The summed E-state index contributed by atoms with van der Waals surface area (Å²) in [6, 6.07) is 8.49. The van der Waals surface area contributed by atoms with E-state index in [0.29, 0.717) is 11.3 Å². The van der Waals surface area contributed by atoms with Gasteiger partial charge in [-0.05, 0) is 24.3 Å². The fraction of sp³-hybridized carbons (Fsp3) is 0. The second-order valence-corrected chi connectivity index (χ2v) is 3.07. The molecule has 0 spiro atoms. The topological polar surface area (TPSA) is 81.7 Å². The van der Waals surface area contributed by atoms with E-state index in [-0.39, 0.29) is 24.7 Å². The Hall–Kier alpha value is -2.01. The molecule has 1 heterocycles. The van der Waals surface area contributed by atoms with E-state index in [1.54, 1.807) is 24.3 Å². The van der Waals surface area contributed by atoms with Crippen LogP contribution in [0.4, 0.5) is 0 Å². The molecule has 5 nitrogen and oxygen atoms in total. The molecule has 78 valence electrons. The van der Waals surface area contributed by atoms with Crippen molar-refractivity contribution in [1.82, 2.24) is 9.55 Å². The average Bonchev–Trinajstić information content (AvgIpc) is 2.78. The quantitative estimate of drug-likeness (QED) is 0.508. The molecular weight excluding hydrogens is 213 g/mol. The number of carboxylic acids is 1. The van der Waals surface area contributed by atoms with E-state index in [4.69, 9.17) is 5.26 Å². The molecule has 1 aromatic carbocycles. The number of hydrogen-bond acceptors (Lipinski definition) is 4. The normalized spacial score (nSPS) is 9.12. The summed E-state index contributed by atoms with van der Waals surface area (Å²) in [5.41, 5.74) is 1.13. The van der Waals surface area contributed by atoms with Crippen molar-refractivity contribution >= 4 is 5.97 Å². The van der Waals surface area contributed by atoms with Crippen LogP contribution in [0.25, 0.3) is 5.69 Å².